The topological polar surface area (TPSA) is 86.7 Å². The van der Waals surface area contributed by atoms with Gasteiger partial charge in [0, 0.05) is 31.5 Å². The molecule has 0 unspecified atom stereocenters. The number of carboxylic acid groups (broad SMARTS) is 1. The largest absolute Gasteiger partial charge is 0.478 e. The zero-order valence-electron chi connectivity index (χ0n) is 14.9. The van der Waals surface area contributed by atoms with Gasteiger partial charge in [0.2, 0.25) is 11.8 Å². The predicted molar refractivity (Wildman–Crippen MR) is 96.5 cm³/mol. The van der Waals surface area contributed by atoms with Gasteiger partial charge in [0.1, 0.15) is 0 Å². The molecule has 140 valence electrons. The van der Waals surface area contributed by atoms with E-state index in [9.17, 15) is 14.4 Å². The van der Waals surface area contributed by atoms with Crippen LogP contribution in [0, 0.1) is 11.8 Å². The first kappa shape index (κ1) is 18.4. The molecule has 2 aliphatic rings. The minimum atomic E-state index is -0.975. The van der Waals surface area contributed by atoms with Gasteiger partial charge in [-0.1, -0.05) is 25.0 Å². The van der Waals surface area contributed by atoms with Crippen LogP contribution < -0.4 is 5.32 Å². The van der Waals surface area contributed by atoms with E-state index in [0.29, 0.717) is 32.5 Å². The fraction of sp³-hybridized carbons (Fsp3) is 0.550. The highest BCUT2D eigenvalue weighted by molar-refractivity contribution is 5.87. The van der Waals surface area contributed by atoms with Crippen molar-refractivity contribution in [1.29, 1.82) is 0 Å². The molecule has 2 N–H and O–H groups in total. The van der Waals surface area contributed by atoms with E-state index in [1.807, 2.05) is 4.90 Å². The van der Waals surface area contributed by atoms with Crippen molar-refractivity contribution in [2.75, 3.05) is 13.1 Å². The van der Waals surface area contributed by atoms with E-state index in [0.717, 1.165) is 31.2 Å². The highest BCUT2D eigenvalue weighted by Gasteiger charge is 2.31. The molecule has 1 aliphatic carbocycles. The number of carbonyl (C=O) groups excluding carboxylic acids is 2. The predicted octanol–water partition coefficient (Wildman–Crippen LogP) is 2.43. The fourth-order valence-corrected chi connectivity index (χ4v) is 3.94. The third kappa shape index (κ3) is 4.42. The second kappa shape index (κ2) is 8.34. The Hall–Kier alpha value is -2.37. The molecule has 1 saturated heterocycles. The monoisotopic (exact) mass is 358 g/mol. The number of hydrogen-bond donors (Lipinski definition) is 2. The lowest BCUT2D eigenvalue weighted by molar-refractivity contribution is -0.139. The summed E-state index contributed by atoms with van der Waals surface area (Å²) < 4.78 is 0. The molecule has 26 heavy (non-hydrogen) atoms. The SMILES string of the molecule is O=C(O)c1cccc(CNC(=O)C2CCN(C(=O)C3CCCC3)CC2)c1. The minimum absolute atomic E-state index is 0.0151. The van der Waals surface area contributed by atoms with Gasteiger partial charge in [-0.15, -0.1) is 0 Å². The second-order valence-corrected chi connectivity index (χ2v) is 7.30. The summed E-state index contributed by atoms with van der Waals surface area (Å²) in [5.74, 6) is -0.602. The Bertz CT molecular complexity index is 674. The summed E-state index contributed by atoms with van der Waals surface area (Å²) in [7, 11) is 0. The van der Waals surface area contributed by atoms with Crippen LogP contribution in [-0.4, -0.2) is 40.9 Å². The molecule has 1 aromatic carbocycles. The van der Waals surface area contributed by atoms with E-state index in [1.165, 1.54) is 6.07 Å². The third-order valence-electron chi connectivity index (χ3n) is 5.52. The molecule has 6 nitrogen and oxygen atoms in total. The lowest BCUT2D eigenvalue weighted by Gasteiger charge is -2.33. The first-order valence-electron chi connectivity index (χ1n) is 9.43. The maximum absolute atomic E-state index is 12.5. The highest BCUT2D eigenvalue weighted by Crippen LogP contribution is 2.28. The van der Waals surface area contributed by atoms with Gasteiger partial charge < -0.3 is 15.3 Å². The second-order valence-electron chi connectivity index (χ2n) is 7.30. The van der Waals surface area contributed by atoms with Gasteiger partial charge in [-0.2, -0.15) is 0 Å². The molecule has 3 rings (SSSR count). The van der Waals surface area contributed by atoms with Crippen LogP contribution in [-0.2, 0) is 16.1 Å². The van der Waals surface area contributed by atoms with Gasteiger partial charge in [-0.3, -0.25) is 9.59 Å². The number of nitrogens with zero attached hydrogens (tertiary/aromatic N) is 1. The molecule has 1 saturated carbocycles. The summed E-state index contributed by atoms with van der Waals surface area (Å²) in [6.45, 7) is 1.63. The number of rotatable bonds is 5. The normalized spacial score (nSPS) is 18.7. The van der Waals surface area contributed by atoms with E-state index >= 15 is 0 Å². The number of amides is 2. The summed E-state index contributed by atoms with van der Waals surface area (Å²) in [4.78, 5) is 37.8. The van der Waals surface area contributed by atoms with Crippen LogP contribution in [0.25, 0.3) is 0 Å². The number of nitrogens with one attached hydrogen (secondary N) is 1. The van der Waals surface area contributed by atoms with Crippen LogP contribution in [0.1, 0.15) is 54.4 Å². The number of piperidine rings is 1. The van der Waals surface area contributed by atoms with Crippen molar-refractivity contribution in [3.63, 3.8) is 0 Å². The molecule has 1 aromatic rings. The maximum Gasteiger partial charge on any atom is 0.335 e. The van der Waals surface area contributed by atoms with Crippen molar-refractivity contribution in [2.24, 2.45) is 11.8 Å². The third-order valence-corrected chi connectivity index (χ3v) is 5.52. The van der Waals surface area contributed by atoms with Gasteiger partial charge in [0.05, 0.1) is 5.56 Å². The molecule has 2 fully saturated rings. The van der Waals surface area contributed by atoms with Gasteiger partial charge in [0.15, 0.2) is 0 Å². The molecular weight excluding hydrogens is 332 g/mol. The Balaban J connectivity index is 1.45. The Kier molecular flexibility index (Phi) is 5.91. The Morgan fingerprint density at radius 3 is 2.38 bits per heavy atom. The Morgan fingerprint density at radius 1 is 1.04 bits per heavy atom. The number of hydrogen-bond acceptors (Lipinski definition) is 3. The molecule has 1 aliphatic heterocycles. The van der Waals surface area contributed by atoms with E-state index in [1.54, 1.807) is 18.2 Å². The molecule has 2 amide bonds. The van der Waals surface area contributed by atoms with Gasteiger partial charge in [-0.25, -0.2) is 4.79 Å². The number of likely N-dealkylation sites (tertiary alicyclic amines) is 1. The van der Waals surface area contributed by atoms with Crippen LogP contribution in [0.4, 0.5) is 0 Å². The van der Waals surface area contributed by atoms with Crippen molar-refractivity contribution in [3.8, 4) is 0 Å². The lowest BCUT2D eigenvalue weighted by Crippen LogP contribution is -2.44. The molecule has 0 aromatic heterocycles. The van der Waals surface area contributed by atoms with Crippen molar-refractivity contribution in [2.45, 2.75) is 45.1 Å². The van der Waals surface area contributed by atoms with E-state index in [4.69, 9.17) is 5.11 Å². The maximum atomic E-state index is 12.5. The van der Waals surface area contributed by atoms with Crippen LogP contribution in [0.15, 0.2) is 24.3 Å². The van der Waals surface area contributed by atoms with E-state index in [2.05, 4.69) is 5.32 Å². The standard InChI is InChI=1S/C20H26N2O4/c23-18(21-13-14-4-3-7-17(12-14)20(25)26)15-8-10-22(11-9-15)19(24)16-5-1-2-6-16/h3-4,7,12,15-16H,1-2,5-6,8-11,13H2,(H,21,23)(H,25,26). The molecule has 6 heteroatoms. The quantitative estimate of drug-likeness (QED) is 0.846. The van der Waals surface area contributed by atoms with Gasteiger partial charge in [0.25, 0.3) is 0 Å². The molecule has 0 radical (unpaired) electrons. The average molecular weight is 358 g/mol. The van der Waals surface area contributed by atoms with Crippen LogP contribution >= 0.6 is 0 Å². The number of carboxylic acids is 1. The molecule has 1 heterocycles. The van der Waals surface area contributed by atoms with Crippen molar-refractivity contribution < 1.29 is 19.5 Å². The van der Waals surface area contributed by atoms with Crippen LogP contribution in [0.5, 0.6) is 0 Å². The first-order valence-corrected chi connectivity index (χ1v) is 9.43. The summed E-state index contributed by atoms with van der Waals surface area (Å²) in [5.41, 5.74) is 0.988. The number of aromatic carboxylic acids is 1. The Morgan fingerprint density at radius 2 is 1.73 bits per heavy atom. The van der Waals surface area contributed by atoms with Crippen molar-refractivity contribution in [3.05, 3.63) is 35.4 Å². The summed E-state index contributed by atoms with van der Waals surface area (Å²) in [5, 5.41) is 11.9. The number of benzene rings is 1. The van der Waals surface area contributed by atoms with Crippen molar-refractivity contribution >= 4 is 17.8 Å². The van der Waals surface area contributed by atoms with Gasteiger partial charge >= 0.3 is 5.97 Å². The molecule has 0 atom stereocenters. The fourth-order valence-electron chi connectivity index (χ4n) is 3.94. The molecular formula is C20H26N2O4. The van der Waals surface area contributed by atoms with E-state index < -0.39 is 5.97 Å². The minimum Gasteiger partial charge on any atom is -0.478 e. The number of carbonyl (C=O) groups is 3. The highest BCUT2D eigenvalue weighted by atomic mass is 16.4. The Labute approximate surface area is 153 Å². The summed E-state index contributed by atoms with van der Waals surface area (Å²) in [6, 6.07) is 6.59. The van der Waals surface area contributed by atoms with Crippen LogP contribution in [0.2, 0.25) is 0 Å². The van der Waals surface area contributed by atoms with Gasteiger partial charge in [-0.05, 0) is 43.4 Å². The lowest BCUT2D eigenvalue weighted by atomic mass is 9.94. The van der Waals surface area contributed by atoms with Crippen molar-refractivity contribution in [1.82, 2.24) is 10.2 Å². The summed E-state index contributed by atoms with van der Waals surface area (Å²) >= 11 is 0. The van der Waals surface area contributed by atoms with E-state index in [-0.39, 0.29) is 29.2 Å². The smallest absolute Gasteiger partial charge is 0.335 e. The zero-order valence-corrected chi connectivity index (χ0v) is 14.9. The summed E-state index contributed by atoms with van der Waals surface area (Å²) in [6.07, 6.45) is 5.71. The molecule has 0 spiro atoms. The zero-order chi connectivity index (χ0) is 18.5. The molecule has 0 bridgehead atoms. The average Bonchev–Trinajstić information content (AvgIpc) is 3.20. The first-order chi connectivity index (χ1) is 12.5. The van der Waals surface area contributed by atoms with Crippen LogP contribution in [0.3, 0.4) is 0 Å².